The third kappa shape index (κ3) is 3.00. The standard InChI is InChI=1S/C12H20N2O3S2/c1-9-8-18-11(6-13)12(9)19(15,16)14(2)7-10-4-3-5-17-10/h8,10H,3-7,13H2,1-2H3. The van der Waals surface area contributed by atoms with Gasteiger partial charge in [-0.05, 0) is 30.7 Å². The van der Waals surface area contributed by atoms with Gasteiger partial charge in [0.25, 0.3) is 0 Å². The third-order valence-electron chi connectivity index (χ3n) is 3.33. The molecule has 1 aromatic rings. The van der Waals surface area contributed by atoms with E-state index in [1.807, 2.05) is 12.3 Å². The van der Waals surface area contributed by atoms with E-state index in [1.165, 1.54) is 15.6 Å². The van der Waals surface area contributed by atoms with Crippen LogP contribution in [0.3, 0.4) is 0 Å². The molecule has 0 saturated carbocycles. The van der Waals surface area contributed by atoms with Gasteiger partial charge in [0.05, 0.1) is 6.10 Å². The molecule has 0 radical (unpaired) electrons. The molecule has 2 heterocycles. The van der Waals surface area contributed by atoms with Gasteiger partial charge in [-0.2, -0.15) is 4.31 Å². The number of thiophene rings is 1. The van der Waals surface area contributed by atoms with Crippen LogP contribution >= 0.6 is 11.3 Å². The summed E-state index contributed by atoms with van der Waals surface area (Å²) in [6.45, 7) is 3.19. The van der Waals surface area contributed by atoms with Crippen molar-refractivity contribution < 1.29 is 13.2 Å². The largest absolute Gasteiger partial charge is 0.377 e. The van der Waals surface area contributed by atoms with Gasteiger partial charge in [-0.15, -0.1) is 11.3 Å². The van der Waals surface area contributed by atoms with E-state index in [-0.39, 0.29) is 12.6 Å². The lowest BCUT2D eigenvalue weighted by Gasteiger charge is -2.21. The number of nitrogens with zero attached hydrogens (tertiary/aromatic N) is 1. The molecule has 1 aromatic heterocycles. The van der Waals surface area contributed by atoms with Crippen molar-refractivity contribution in [3.05, 3.63) is 15.8 Å². The Balaban J connectivity index is 2.22. The summed E-state index contributed by atoms with van der Waals surface area (Å²) in [4.78, 5) is 1.09. The van der Waals surface area contributed by atoms with Crippen LogP contribution in [-0.2, 0) is 21.3 Å². The van der Waals surface area contributed by atoms with Gasteiger partial charge < -0.3 is 10.5 Å². The van der Waals surface area contributed by atoms with Crippen LogP contribution in [0.5, 0.6) is 0 Å². The van der Waals surface area contributed by atoms with Crippen LogP contribution in [-0.4, -0.2) is 39.0 Å². The minimum absolute atomic E-state index is 0.0139. The van der Waals surface area contributed by atoms with Crippen molar-refractivity contribution in [2.75, 3.05) is 20.2 Å². The van der Waals surface area contributed by atoms with Crippen LogP contribution in [0.25, 0.3) is 0 Å². The zero-order chi connectivity index (χ0) is 14.0. The van der Waals surface area contributed by atoms with Crippen molar-refractivity contribution in [3.63, 3.8) is 0 Å². The summed E-state index contributed by atoms with van der Waals surface area (Å²) in [6, 6.07) is 0. The Labute approximate surface area is 118 Å². The van der Waals surface area contributed by atoms with E-state index in [2.05, 4.69) is 0 Å². The van der Waals surface area contributed by atoms with E-state index in [0.717, 1.165) is 29.9 Å². The van der Waals surface area contributed by atoms with Crippen molar-refractivity contribution in [3.8, 4) is 0 Å². The number of likely N-dealkylation sites (N-methyl/N-ethyl adjacent to an activating group) is 1. The molecular formula is C12H20N2O3S2. The molecule has 19 heavy (non-hydrogen) atoms. The Morgan fingerprint density at radius 3 is 2.89 bits per heavy atom. The minimum Gasteiger partial charge on any atom is -0.377 e. The molecule has 0 spiro atoms. The van der Waals surface area contributed by atoms with Crippen LogP contribution in [0.15, 0.2) is 10.3 Å². The summed E-state index contributed by atoms with van der Waals surface area (Å²) < 4.78 is 32.1. The van der Waals surface area contributed by atoms with Crippen LogP contribution in [0.4, 0.5) is 0 Å². The second-order valence-electron chi connectivity index (χ2n) is 4.80. The van der Waals surface area contributed by atoms with Gasteiger partial charge in [0.1, 0.15) is 4.90 Å². The maximum absolute atomic E-state index is 12.6. The van der Waals surface area contributed by atoms with Gasteiger partial charge in [0.2, 0.25) is 10.0 Å². The predicted octanol–water partition coefficient (Wildman–Crippen LogP) is 1.31. The monoisotopic (exact) mass is 304 g/mol. The average Bonchev–Trinajstić information content (AvgIpc) is 2.98. The molecule has 1 fully saturated rings. The van der Waals surface area contributed by atoms with Crippen LogP contribution in [0.2, 0.25) is 0 Å². The zero-order valence-corrected chi connectivity index (χ0v) is 12.9. The fraction of sp³-hybridized carbons (Fsp3) is 0.667. The summed E-state index contributed by atoms with van der Waals surface area (Å²) in [6.07, 6.45) is 1.94. The second kappa shape index (κ2) is 5.88. The first-order valence-corrected chi connectivity index (χ1v) is 8.63. The molecule has 0 amide bonds. The van der Waals surface area contributed by atoms with Gasteiger partial charge >= 0.3 is 0 Å². The fourth-order valence-electron chi connectivity index (χ4n) is 2.30. The topological polar surface area (TPSA) is 72.6 Å². The highest BCUT2D eigenvalue weighted by molar-refractivity contribution is 7.89. The normalized spacial score (nSPS) is 20.3. The number of sulfonamides is 1. The van der Waals surface area contributed by atoms with Gasteiger partial charge in [0.15, 0.2) is 0 Å². The van der Waals surface area contributed by atoms with E-state index < -0.39 is 10.0 Å². The smallest absolute Gasteiger partial charge is 0.244 e. The lowest BCUT2D eigenvalue weighted by Crippen LogP contribution is -2.34. The summed E-state index contributed by atoms with van der Waals surface area (Å²) in [7, 11) is -1.87. The van der Waals surface area contributed by atoms with Crippen molar-refractivity contribution in [1.29, 1.82) is 0 Å². The van der Waals surface area contributed by atoms with Crippen molar-refractivity contribution in [1.82, 2.24) is 4.31 Å². The van der Waals surface area contributed by atoms with Gasteiger partial charge in [0, 0.05) is 31.6 Å². The number of nitrogens with two attached hydrogens (primary N) is 1. The molecule has 1 atom stereocenters. The zero-order valence-electron chi connectivity index (χ0n) is 11.3. The highest BCUT2D eigenvalue weighted by atomic mass is 32.2. The van der Waals surface area contributed by atoms with Crippen LogP contribution in [0, 0.1) is 6.92 Å². The number of hydrogen-bond acceptors (Lipinski definition) is 5. The van der Waals surface area contributed by atoms with Crippen molar-refractivity contribution in [2.24, 2.45) is 5.73 Å². The first-order valence-electron chi connectivity index (χ1n) is 6.31. The Kier molecular flexibility index (Phi) is 4.62. The third-order valence-corrected chi connectivity index (χ3v) is 6.64. The van der Waals surface area contributed by atoms with Gasteiger partial charge in [-0.3, -0.25) is 0 Å². The molecule has 0 aliphatic carbocycles. The van der Waals surface area contributed by atoms with Gasteiger partial charge in [-0.1, -0.05) is 0 Å². The summed E-state index contributed by atoms with van der Waals surface area (Å²) in [5.74, 6) is 0. The molecule has 1 aliphatic heterocycles. The van der Waals surface area contributed by atoms with E-state index in [1.54, 1.807) is 7.05 Å². The first-order chi connectivity index (χ1) is 8.96. The molecule has 1 unspecified atom stereocenters. The van der Waals surface area contributed by atoms with Crippen molar-refractivity contribution >= 4 is 21.4 Å². The maximum Gasteiger partial charge on any atom is 0.244 e. The van der Waals surface area contributed by atoms with E-state index in [9.17, 15) is 8.42 Å². The lowest BCUT2D eigenvalue weighted by atomic mass is 10.2. The Hall–Kier alpha value is -0.470. The minimum atomic E-state index is -3.47. The molecule has 1 saturated heterocycles. The molecule has 108 valence electrons. The summed E-state index contributed by atoms with van der Waals surface area (Å²) in [5, 5.41) is 1.84. The molecule has 1 aliphatic rings. The van der Waals surface area contributed by atoms with Crippen LogP contribution < -0.4 is 5.73 Å². The molecule has 7 heteroatoms. The Morgan fingerprint density at radius 2 is 2.32 bits per heavy atom. The molecular weight excluding hydrogens is 284 g/mol. The highest BCUT2D eigenvalue weighted by Gasteiger charge is 2.29. The van der Waals surface area contributed by atoms with E-state index >= 15 is 0 Å². The molecule has 2 N–H and O–H groups in total. The fourth-order valence-corrected chi connectivity index (χ4v) is 5.15. The maximum atomic E-state index is 12.6. The SMILES string of the molecule is Cc1csc(CN)c1S(=O)(=O)N(C)CC1CCCO1. The van der Waals surface area contributed by atoms with Crippen molar-refractivity contribution in [2.45, 2.75) is 37.3 Å². The summed E-state index contributed by atoms with van der Waals surface area (Å²) in [5.41, 5.74) is 6.40. The number of aryl methyl sites for hydroxylation is 1. The predicted molar refractivity (Wildman–Crippen MR) is 75.7 cm³/mol. The van der Waals surface area contributed by atoms with E-state index in [0.29, 0.717) is 11.4 Å². The summed E-state index contributed by atoms with van der Waals surface area (Å²) >= 11 is 1.40. The molecule has 5 nitrogen and oxygen atoms in total. The lowest BCUT2D eigenvalue weighted by molar-refractivity contribution is 0.0979. The first kappa shape index (κ1) is 14.9. The number of hydrogen-bond donors (Lipinski definition) is 1. The average molecular weight is 304 g/mol. The van der Waals surface area contributed by atoms with Gasteiger partial charge in [-0.25, -0.2) is 8.42 Å². The highest BCUT2D eigenvalue weighted by Crippen LogP contribution is 2.29. The van der Waals surface area contributed by atoms with Crippen LogP contribution in [0.1, 0.15) is 23.3 Å². The quantitative estimate of drug-likeness (QED) is 0.890. The molecule has 2 rings (SSSR count). The van der Waals surface area contributed by atoms with E-state index in [4.69, 9.17) is 10.5 Å². The second-order valence-corrected chi connectivity index (χ2v) is 7.74. The molecule has 0 bridgehead atoms. The Morgan fingerprint density at radius 1 is 1.58 bits per heavy atom. The molecule has 0 aromatic carbocycles. The number of rotatable bonds is 5. The number of ether oxygens (including phenoxy) is 1. The Bertz CT molecular complexity index is 533.